The molecule has 0 bridgehead atoms. The maximum absolute atomic E-state index is 12.9. The van der Waals surface area contributed by atoms with Crippen LogP contribution in [0.25, 0.3) is 0 Å². The molecule has 0 aliphatic heterocycles. The second kappa shape index (κ2) is 5.05. The van der Waals surface area contributed by atoms with Gasteiger partial charge >= 0.3 is 5.97 Å². The first kappa shape index (κ1) is 13.3. The Hall–Kier alpha value is -1.76. The van der Waals surface area contributed by atoms with Crippen LogP contribution in [0, 0.1) is 17.5 Å². The Bertz CT molecular complexity index is 448. The predicted octanol–water partition coefficient (Wildman–Crippen LogP) is 1.41. The molecule has 0 heterocycles. The van der Waals surface area contributed by atoms with Crippen molar-refractivity contribution >= 4 is 5.97 Å². The van der Waals surface area contributed by atoms with E-state index in [0.29, 0.717) is 6.07 Å². The third-order valence-corrected chi connectivity index (χ3v) is 1.97. The number of aliphatic hydroxyl groups is 1. The Morgan fingerprint density at radius 3 is 2.53 bits per heavy atom. The summed E-state index contributed by atoms with van der Waals surface area (Å²) in [4.78, 5) is 11.1. The maximum atomic E-state index is 12.9. The molecule has 0 saturated carbocycles. The van der Waals surface area contributed by atoms with Crippen molar-refractivity contribution in [2.24, 2.45) is 0 Å². The monoisotopic (exact) mass is 250 g/mol. The molecule has 1 rings (SSSR count). The zero-order valence-electron chi connectivity index (χ0n) is 8.71. The first-order valence-corrected chi connectivity index (χ1v) is 4.61. The van der Waals surface area contributed by atoms with Crippen LogP contribution in [0.15, 0.2) is 6.07 Å². The number of ether oxygens (including phenoxy) is 1. The van der Waals surface area contributed by atoms with Crippen LogP contribution in [0.5, 0.6) is 5.75 Å². The van der Waals surface area contributed by atoms with Crippen molar-refractivity contribution in [1.82, 2.24) is 0 Å². The average Bonchev–Trinajstić information content (AvgIpc) is 2.30. The SMILES string of the molecule is CCOC(=O)C(O)c1cc(F)c(F)c(F)c1O. The predicted molar refractivity (Wildman–Crippen MR) is 49.6 cm³/mol. The number of esters is 1. The summed E-state index contributed by atoms with van der Waals surface area (Å²) in [5.41, 5.74) is -0.792. The van der Waals surface area contributed by atoms with Gasteiger partial charge in [-0.3, -0.25) is 0 Å². The molecule has 0 fully saturated rings. The van der Waals surface area contributed by atoms with E-state index >= 15 is 0 Å². The number of aliphatic hydroxyl groups excluding tert-OH is 1. The molecule has 0 amide bonds. The van der Waals surface area contributed by atoms with Gasteiger partial charge < -0.3 is 14.9 Å². The zero-order chi connectivity index (χ0) is 13.2. The molecule has 0 aliphatic rings. The van der Waals surface area contributed by atoms with Crippen molar-refractivity contribution in [1.29, 1.82) is 0 Å². The number of phenols is 1. The fraction of sp³-hybridized carbons (Fsp3) is 0.300. The normalized spacial score (nSPS) is 12.3. The zero-order valence-corrected chi connectivity index (χ0v) is 8.71. The van der Waals surface area contributed by atoms with Crippen LogP contribution in [0.2, 0.25) is 0 Å². The summed E-state index contributed by atoms with van der Waals surface area (Å²) in [6.45, 7) is 1.39. The summed E-state index contributed by atoms with van der Waals surface area (Å²) in [5, 5.41) is 18.5. The van der Waals surface area contributed by atoms with Crippen molar-refractivity contribution in [2.75, 3.05) is 6.61 Å². The molecule has 7 heteroatoms. The van der Waals surface area contributed by atoms with Crippen molar-refractivity contribution in [3.63, 3.8) is 0 Å². The second-order valence-electron chi connectivity index (χ2n) is 3.08. The Morgan fingerprint density at radius 1 is 1.41 bits per heavy atom. The number of rotatable bonds is 3. The Morgan fingerprint density at radius 2 is 2.00 bits per heavy atom. The molecule has 0 spiro atoms. The van der Waals surface area contributed by atoms with Gasteiger partial charge in [0.25, 0.3) is 0 Å². The second-order valence-corrected chi connectivity index (χ2v) is 3.08. The van der Waals surface area contributed by atoms with Gasteiger partial charge in [-0.15, -0.1) is 0 Å². The van der Waals surface area contributed by atoms with Crippen LogP contribution >= 0.6 is 0 Å². The number of aromatic hydroxyl groups is 1. The molecule has 0 radical (unpaired) electrons. The lowest BCUT2D eigenvalue weighted by atomic mass is 10.1. The van der Waals surface area contributed by atoms with Gasteiger partial charge in [0.2, 0.25) is 5.82 Å². The molecule has 1 unspecified atom stereocenters. The number of benzene rings is 1. The van der Waals surface area contributed by atoms with Crippen LogP contribution in [0.4, 0.5) is 13.2 Å². The van der Waals surface area contributed by atoms with E-state index < -0.39 is 40.8 Å². The van der Waals surface area contributed by atoms with Crippen molar-refractivity contribution in [3.8, 4) is 5.75 Å². The quantitative estimate of drug-likeness (QED) is 0.628. The molecular weight excluding hydrogens is 241 g/mol. The van der Waals surface area contributed by atoms with Gasteiger partial charge in [0.15, 0.2) is 23.5 Å². The molecule has 94 valence electrons. The van der Waals surface area contributed by atoms with Gasteiger partial charge in [0, 0.05) is 5.56 Å². The molecule has 0 saturated heterocycles. The number of halogens is 3. The highest BCUT2D eigenvalue weighted by Crippen LogP contribution is 2.31. The molecular formula is C10H9F3O4. The van der Waals surface area contributed by atoms with E-state index in [-0.39, 0.29) is 6.61 Å². The average molecular weight is 250 g/mol. The minimum atomic E-state index is -2.08. The summed E-state index contributed by atoms with van der Waals surface area (Å²) in [6, 6.07) is 0.329. The molecule has 17 heavy (non-hydrogen) atoms. The minimum Gasteiger partial charge on any atom is -0.504 e. The minimum absolute atomic E-state index is 0.0667. The smallest absolute Gasteiger partial charge is 0.339 e. The third kappa shape index (κ3) is 2.50. The molecule has 1 atom stereocenters. The van der Waals surface area contributed by atoms with E-state index in [2.05, 4.69) is 4.74 Å². The molecule has 1 aromatic rings. The molecule has 0 aromatic heterocycles. The van der Waals surface area contributed by atoms with Gasteiger partial charge in [0.1, 0.15) is 0 Å². The lowest BCUT2D eigenvalue weighted by Crippen LogP contribution is -2.16. The molecule has 1 aromatic carbocycles. The molecule has 4 nitrogen and oxygen atoms in total. The van der Waals surface area contributed by atoms with Crippen LogP contribution < -0.4 is 0 Å². The van der Waals surface area contributed by atoms with E-state index in [9.17, 15) is 23.1 Å². The standard InChI is InChI=1S/C10H9F3O4/c1-2-17-10(16)9(15)4-3-5(11)6(12)7(13)8(4)14/h3,9,14-15H,2H2,1H3. The van der Waals surface area contributed by atoms with E-state index in [0.717, 1.165) is 0 Å². The summed E-state index contributed by atoms with van der Waals surface area (Å²) in [5.74, 6) is -7.91. The highest BCUT2D eigenvalue weighted by Gasteiger charge is 2.27. The van der Waals surface area contributed by atoms with E-state index in [1.807, 2.05) is 0 Å². The fourth-order valence-electron chi connectivity index (χ4n) is 1.16. The Kier molecular flexibility index (Phi) is 3.95. The van der Waals surface area contributed by atoms with Gasteiger partial charge in [0.05, 0.1) is 6.61 Å². The highest BCUT2D eigenvalue weighted by molar-refractivity contribution is 5.77. The fourth-order valence-corrected chi connectivity index (χ4v) is 1.16. The first-order chi connectivity index (χ1) is 7.90. The molecule has 2 N–H and O–H groups in total. The number of carbonyl (C=O) groups excluding carboxylic acids is 1. The van der Waals surface area contributed by atoms with Crippen LogP contribution in [0.3, 0.4) is 0 Å². The van der Waals surface area contributed by atoms with Crippen molar-refractivity contribution in [2.45, 2.75) is 13.0 Å². The van der Waals surface area contributed by atoms with Gasteiger partial charge in [-0.25, -0.2) is 13.6 Å². The topological polar surface area (TPSA) is 66.8 Å². The highest BCUT2D eigenvalue weighted by atomic mass is 19.2. The van der Waals surface area contributed by atoms with Gasteiger partial charge in [-0.05, 0) is 13.0 Å². The van der Waals surface area contributed by atoms with Crippen molar-refractivity contribution < 1.29 is 32.9 Å². The van der Waals surface area contributed by atoms with E-state index in [4.69, 9.17) is 5.11 Å². The van der Waals surface area contributed by atoms with E-state index in [1.165, 1.54) is 6.92 Å². The lowest BCUT2D eigenvalue weighted by Gasteiger charge is -2.12. The summed E-state index contributed by atoms with van der Waals surface area (Å²) < 4.78 is 42.8. The largest absolute Gasteiger partial charge is 0.504 e. The number of phenolic OH excluding ortho intramolecular Hbond substituents is 1. The Balaban J connectivity index is 3.19. The lowest BCUT2D eigenvalue weighted by molar-refractivity contribution is -0.153. The molecule has 0 aliphatic carbocycles. The van der Waals surface area contributed by atoms with Crippen LogP contribution in [-0.2, 0) is 9.53 Å². The number of hydrogen-bond acceptors (Lipinski definition) is 4. The van der Waals surface area contributed by atoms with Crippen LogP contribution in [-0.4, -0.2) is 22.8 Å². The first-order valence-electron chi connectivity index (χ1n) is 4.61. The number of carbonyl (C=O) groups is 1. The van der Waals surface area contributed by atoms with Gasteiger partial charge in [-0.1, -0.05) is 0 Å². The summed E-state index contributed by atoms with van der Waals surface area (Å²) in [7, 11) is 0. The van der Waals surface area contributed by atoms with Crippen molar-refractivity contribution in [3.05, 3.63) is 29.1 Å². The van der Waals surface area contributed by atoms with Gasteiger partial charge in [-0.2, -0.15) is 4.39 Å². The van der Waals surface area contributed by atoms with E-state index in [1.54, 1.807) is 0 Å². The van der Waals surface area contributed by atoms with Crippen LogP contribution in [0.1, 0.15) is 18.6 Å². The summed E-state index contributed by atoms with van der Waals surface area (Å²) in [6.07, 6.45) is -2.08. The summed E-state index contributed by atoms with van der Waals surface area (Å²) >= 11 is 0. The Labute approximate surface area is 94.3 Å². The number of hydrogen-bond donors (Lipinski definition) is 2. The maximum Gasteiger partial charge on any atom is 0.339 e. The third-order valence-electron chi connectivity index (χ3n) is 1.97.